The van der Waals surface area contributed by atoms with E-state index in [1.54, 1.807) is 7.11 Å². The summed E-state index contributed by atoms with van der Waals surface area (Å²) in [6, 6.07) is 9.71. The lowest BCUT2D eigenvalue weighted by Gasteiger charge is -2.19. The average molecular weight is 215 g/mol. The number of rotatable bonds is 2. The number of ketones is 1. The number of hydrogen-bond acceptors (Lipinski definition) is 3. The van der Waals surface area contributed by atoms with Crippen LogP contribution >= 0.6 is 0 Å². The summed E-state index contributed by atoms with van der Waals surface area (Å²) in [5, 5.41) is 9.28. The topological polar surface area (TPSA) is 50.1 Å². The minimum Gasteiger partial charge on any atom is -0.497 e. The van der Waals surface area contributed by atoms with Crippen LogP contribution in [0.5, 0.6) is 5.75 Å². The number of nitriles is 1. The Balaban J connectivity index is 2.34. The number of carbonyl (C=O) groups is 1. The van der Waals surface area contributed by atoms with E-state index in [9.17, 15) is 10.1 Å². The highest BCUT2D eigenvalue weighted by Gasteiger charge is 2.40. The van der Waals surface area contributed by atoms with E-state index >= 15 is 0 Å². The van der Waals surface area contributed by atoms with Gasteiger partial charge in [0.05, 0.1) is 18.6 Å². The molecule has 3 nitrogen and oxygen atoms in total. The fraction of sp³-hybridized carbons (Fsp3) is 0.385. The lowest BCUT2D eigenvalue weighted by atomic mass is 9.80. The first-order valence-electron chi connectivity index (χ1n) is 5.28. The average Bonchev–Trinajstić information content (AvgIpc) is 2.72. The van der Waals surface area contributed by atoms with Crippen molar-refractivity contribution in [3.05, 3.63) is 29.8 Å². The van der Waals surface area contributed by atoms with Crippen LogP contribution < -0.4 is 4.74 Å². The minimum atomic E-state index is -0.608. The smallest absolute Gasteiger partial charge is 0.134 e. The van der Waals surface area contributed by atoms with Gasteiger partial charge in [-0.05, 0) is 24.1 Å². The first-order valence-corrected chi connectivity index (χ1v) is 5.28. The highest BCUT2D eigenvalue weighted by Crippen LogP contribution is 2.39. The molecule has 0 spiro atoms. The second-order valence-electron chi connectivity index (χ2n) is 4.14. The maximum Gasteiger partial charge on any atom is 0.134 e. The molecule has 1 aromatic carbocycles. The van der Waals surface area contributed by atoms with Crippen molar-refractivity contribution in [3.8, 4) is 11.8 Å². The van der Waals surface area contributed by atoms with Gasteiger partial charge in [0, 0.05) is 12.8 Å². The number of carbonyl (C=O) groups excluding carboxylic acids is 1. The molecule has 1 atom stereocenters. The Morgan fingerprint density at radius 1 is 1.38 bits per heavy atom. The Morgan fingerprint density at radius 3 is 2.50 bits per heavy atom. The van der Waals surface area contributed by atoms with Crippen LogP contribution in [0.4, 0.5) is 0 Å². The summed E-state index contributed by atoms with van der Waals surface area (Å²) in [5.41, 5.74) is 0.310. The number of nitrogens with zero attached hydrogens (tertiary/aromatic N) is 1. The van der Waals surface area contributed by atoms with Gasteiger partial charge in [0.2, 0.25) is 0 Å². The van der Waals surface area contributed by atoms with Crippen molar-refractivity contribution < 1.29 is 9.53 Å². The third-order valence-electron chi connectivity index (χ3n) is 3.19. The largest absolute Gasteiger partial charge is 0.497 e. The van der Waals surface area contributed by atoms with Gasteiger partial charge in [-0.25, -0.2) is 0 Å². The highest BCUT2D eigenvalue weighted by atomic mass is 16.5. The fourth-order valence-electron chi connectivity index (χ4n) is 2.18. The molecule has 0 N–H and O–H groups in total. The molecule has 3 heteroatoms. The van der Waals surface area contributed by atoms with Gasteiger partial charge < -0.3 is 4.74 Å². The van der Waals surface area contributed by atoms with Crippen molar-refractivity contribution in [2.45, 2.75) is 24.7 Å². The van der Waals surface area contributed by atoms with Gasteiger partial charge in [-0.1, -0.05) is 12.1 Å². The Kier molecular flexibility index (Phi) is 2.66. The maximum atomic E-state index is 11.3. The summed E-state index contributed by atoms with van der Waals surface area (Å²) in [7, 11) is 1.61. The molecular weight excluding hydrogens is 202 g/mol. The summed E-state index contributed by atoms with van der Waals surface area (Å²) in [6.45, 7) is 0. The van der Waals surface area contributed by atoms with E-state index in [2.05, 4.69) is 6.07 Å². The summed E-state index contributed by atoms with van der Waals surface area (Å²) < 4.78 is 5.07. The molecule has 1 aromatic rings. The third kappa shape index (κ3) is 1.67. The second kappa shape index (κ2) is 3.97. The van der Waals surface area contributed by atoms with Gasteiger partial charge in [0.1, 0.15) is 11.5 Å². The SMILES string of the molecule is COc1ccc(C2(C#N)CCC(=O)C2)cc1. The lowest BCUT2D eigenvalue weighted by molar-refractivity contribution is -0.117. The van der Waals surface area contributed by atoms with Crippen molar-refractivity contribution in [2.24, 2.45) is 0 Å². The Labute approximate surface area is 94.6 Å². The molecule has 0 saturated heterocycles. The Hall–Kier alpha value is -1.82. The Bertz CT molecular complexity index is 444. The van der Waals surface area contributed by atoms with Gasteiger partial charge in [-0.15, -0.1) is 0 Å². The van der Waals surface area contributed by atoms with Crippen LogP contribution in [0.1, 0.15) is 24.8 Å². The molecule has 0 bridgehead atoms. The van der Waals surface area contributed by atoms with Crippen LogP contribution in [0.2, 0.25) is 0 Å². The number of ether oxygens (including phenoxy) is 1. The standard InChI is InChI=1S/C13H13NO2/c1-16-12-4-2-10(3-5-12)13(9-14)7-6-11(15)8-13/h2-5H,6-8H2,1H3. The van der Waals surface area contributed by atoms with Crippen molar-refractivity contribution in [1.82, 2.24) is 0 Å². The normalized spacial score (nSPS) is 24.1. The number of Topliss-reactive ketones (excluding diaryl/α,β-unsaturated/α-hetero) is 1. The predicted molar refractivity (Wildman–Crippen MR) is 59.1 cm³/mol. The maximum absolute atomic E-state index is 11.3. The predicted octanol–water partition coefficient (Wildman–Crippen LogP) is 2.21. The number of benzene rings is 1. The van der Waals surface area contributed by atoms with Gasteiger partial charge in [-0.2, -0.15) is 5.26 Å². The van der Waals surface area contributed by atoms with E-state index in [1.165, 1.54) is 0 Å². The minimum absolute atomic E-state index is 0.178. The summed E-state index contributed by atoms with van der Waals surface area (Å²) in [4.78, 5) is 11.3. The molecule has 1 saturated carbocycles. The number of hydrogen-bond donors (Lipinski definition) is 0. The molecule has 82 valence electrons. The van der Waals surface area contributed by atoms with Crippen molar-refractivity contribution in [2.75, 3.05) is 7.11 Å². The van der Waals surface area contributed by atoms with Gasteiger partial charge in [0.25, 0.3) is 0 Å². The monoisotopic (exact) mass is 215 g/mol. The molecule has 1 fully saturated rings. The molecule has 1 aliphatic rings. The molecule has 0 aliphatic heterocycles. The summed E-state index contributed by atoms with van der Waals surface area (Å²) in [5.74, 6) is 0.943. The molecule has 0 heterocycles. The van der Waals surface area contributed by atoms with E-state index in [-0.39, 0.29) is 5.78 Å². The number of methoxy groups -OCH3 is 1. The molecule has 0 radical (unpaired) electrons. The summed E-state index contributed by atoms with van der Waals surface area (Å²) >= 11 is 0. The second-order valence-corrected chi connectivity index (χ2v) is 4.14. The fourth-order valence-corrected chi connectivity index (χ4v) is 2.18. The molecule has 16 heavy (non-hydrogen) atoms. The zero-order valence-corrected chi connectivity index (χ0v) is 9.19. The van der Waals surface area contributed by atoms with Crippen LogP contribution in [-0.4, -0.2) is 12.9 Å². The van der Waals surface area contributed by atoms with E-state index in [0.29, 0.717) is 19.3 Å². The van der Waals surface area contributed by atoms with E-state index in [4.69, 9.17) is 4.74 Å². The molecule has 0 amide bonds. The molecule has 2 rings (SSSR count). The van der Waals surface area contributed by atoms with E-state index in [1.807, 2.05) is 24.3 Å². The van der Waals surface area contributed by atoms with Crippen LogP contribution in [-0.2, 0) is 10.2 Å². The summed E-state index contributed by atoms with van der Waals surface area (Å²) in [6.07, 6.45) is 1.49. The quantitative estimate of drug-likeness (QED) is 0.760. The lowest BCUT2D eigenvalue weighted by Crippen LogP contribution is -2.20. The molecular formula is C13H13NO2. The van der Waals surface area contributed by atoms with Crippen LogP contribution in [0.3, 0.4) is 0 Å². The highest BCUT2D eigenvalue weighted by molar-refractivity contribution is 5.83. The van der Waals surface area contributed by atoms with Gasteiger partial charge in [-0.3, -0.25) is 4.79 Å². The van der Waals surface area contributed by atoms with Crippen molar-refractivity contribution in [1.29, 1.82) is 5.26 Å². The van der Waals surface area contributed by atoms with E-state index in [0.717, 1.165) is 11.3 Å². The van der Waals surface area contributed by atoms with Gasteiger partial charge >= 0.3 is 0 Å². The first kappa shape index (κ1) is 10.7. The Morgan fingerprint density at radius 2 is 2.06 bits per heavy atom. The molecule has 1 aliphatic carbocycles. The van der Waals surface area contributed by atoms with Crippen molar-refractivity contribution >= 4 is 5.78 Å². The van der Waals surface area contributed by atoms with Gasteiger partial charge in [0.15, 0.2) is 0 Å². The third-order valence-corrected chi connectivity index (χ3v) is 3.19. The van der Waals surface area contributed by atoms with Crippen LogP contribution in [0.25, 0.3) is 0 Å². The molecule has 1 unspecified atom stereocenters. The van der Waals surface area contributed by atoms with Crippen LogP contribution in [0.15, 0.2) is 24.3 Å². The van der Waals surface area contributed by atoms with Crippen LogP contribution in [0, 0.1) is 11.3 Å². The van der Waals surface area contributed by atoms with E-state index < -0.39 is 5.41 Å². The zero-order valence-electron chi connectivity index (χ0n) is 9.19. The molecule has 0 aromatic heterocycles. The first-order chi connectivity index (χ1) is 7.70. The zero-order chi connectivity index (χ0) is 11.6. The van der Waals surface area contributed by atoms with Crippen molar-refractivity contribution in [3.63, 3.8) is 0 Å².